The van der Waals surface area contributed by atoms with Gasteiger partial charge in [-0.1, -0.05) is 0 Å². The summed E-state index contributed by atoms with van der Waals surface area (Å²) in [4.78, 5) is -0.554. The smallest absolute Gasteiger partial charge is 0.357 e. The molecule has 1 spiro atoms. The number of nitrogens with zero attached hydrogens (tertiary/aromatic N) is 1. The van der Waals surface area contributed by atoms with Crippen molar-refractivity contribution in [2.45, 2.75) is 22.7 Å². The number of fused-ring (bicyclic) bond motifs is 2. The minimum atomic E-state index is -4.10. The van der Waals surface area contributed by atoms with Crippen LogP contribution in [0.4, 0.5) is 13.2 Å². The molecule has 30 heavy (non-hydrogen) atoms. The second kappa shape index (κ2) is 6.38. The van der Waals surface area contributed by atoms with Crippen molar-refractivity contribution in [1.29, 1.82) is 5.26 Å². The Morgan fingerprint density at radius 2 is 1.87 bits per heavy atom. The van der Waals surface area contributed by atoms with Crippen LogP contribution < -0.4 is 4.74 Å². The van der Waals surface area contributed by atoms with Gasteiger partial charge in [0.1, 0.15) is 29.8 Å². The monoisotopic (exact) mass is 439 g/mol. The molecule has 1 heterocycles. The molecular weight excluding hydrogens is 427 g/mol. The normalized spacial score (nSPS) is 20.3. The van der Waals surface area contributed by atoms with Gasteiger partial charge in [0.25, 0.3) is 0 Å². The fraction of sp³-hybridized carbons (Fsp3) is 0.211. The van der Waals surface area contributed by atoms with E-state index in [9.17, 15) is 17.9 Å². The molecule has 0 radical (unpaired) electrons. The van der Waals surface area contributed by atoms with Crippen LogP contribution in [0.15, 0.2) is 47.8 Å². The summed E-state index contributed by atoms with van der Waals surface area (Å²) in [5, 5.41) is 19.4. The van der Waals surface area contributed by atoms with Gasteiger partial charge >= 0.3 is 11.7 Å². The van der Waals surface area contributed by atoms with E-state index in [-0.39, 0.29) is 17.1 Å². The van der Waals surface area contributed by atoms with Gasteiger partial charge in [0.15, 0.2) is 15.9 Å². The van der Waals surface area contributed by atoms with Gasteiger partial charge in [-0.15, -0.1) is 0 Å². The third kappa shape index (κ3) is 2.72. The van der Waals surface area contributed by atoms with Crippen LogP contribution in [0.1, 0.15) is 22.8 Å². The van der Waals surface area contributed by atoms with Crippen molar-refractivity contribution in [3.05, 3.63) is 65.4 Å². The highest BCUT2D eigenvalue weighted by Crippen LogP contribution is 2.62. The van der Waals surface area contributed by atoms with Crippen molar-refractivity contribution in [2.75, 3.05) is 6.26 Å². The summed E-state index contributed by atoms with van der Waals surface area (Å²) in [6.07, 6.45) is -0.149. The van der Waals surface area contributed by atoms with E-state index in [1.807, 2.05) is 0 Å². The number of nitriles is 1. The SMILES string of the molecule is CS(=O)(=O)c1ccc(Oc2cc(F)cc(C#N)c2)c2c1C1(OC=CO1)C(F)(F)[C@H]2O. The van der Waals surface area contributed by atoms with E-state index in [1.54, 1.807) is 6.07 Å². The molecule has 11 heteroatoms. The second-order valence-corrected chi connectivity index (χ2v) is 8.65. The van der Waals surface area contributed by atoms with E-state index >= 15 is 8.78 Å². The van der Waals surface area contributed by atoms with E-state index in [1.165, 1.54) is 0 Å². The second-order valence-electron chi connectivity index (χ2n) is 6.66. The lowest BCUT2D eigenvalue weighted by atomic mass is 10.1. The maximum atomic E-state index is 15.1. The molecule has 0 amide bonds. The average Bonchev–Trinajstić information content (AvgIpc) is 3.22. The van der Waals surface area contributed by atoms with E-state index in [2.05, 4.69) is 0 Å². The first-order valence-electron chi connectivity index (χ1n) is 8.34. The Bertz CT molecular complexity index is 1230. The maximum absolute atomic E-state index is 15.1. The lowest BCUT2D eigenvalue weighted by Crippen LogP contribution is -2.45. The molecule has 1 atom stereocenters. The van der Waals surface area contributed by atoms with E-state index in [0.717, 1.165) is 49.1 Å². The zero-order valence-corrected chi connectivity index (χ0v) is 15.9. The van der Waals surface area contributed by atoms with Gasteiger partial charge in [-0.3, -0.25) is 0 Å². The third-order valence-corrected chi connectivity index (χ3v) is 5.84. The number of halogens is 3. The lowest BCUT2D eigenvalue weighted by molar-refractivity contribution is -0.308. The quantitative estimate of drug-likeness (QED) is 0.783. The molecule has 2 aromatic carbocycles. The molecule has 1 aliphatic heterocycles. The number of sulfone groups is 1. The predicted molar refractivity (Wildman–Crippen MR) is 93.6 cm³/mol. The summed E-state index contributed by atoms with van der Waals surface area (Å²) < 4.78 is 83.8. The molecule has 2 aromatic rings. The molecule has 0 bridgehead atoms. The molecular formula is C19H12F3NO6S. The number of aliphatic hydroxyl groups excluding tert-OH is 1. The van der Waals surface area contributed by atoms with Crippen molar-refractivity contribution in [2.24, 2.45) is 0 Å². The van der Waals surface area contributed by atoms with Gasteiger partial charge in [0.05, 0.1) is 22.1 Å². The topological polar surface area (TPSA) is 106 Å². The van der Waals surface area contributed by atoms with Gasteiger partial charge in [-0.05, 0) is 24.3 Å². The first-order chi connectivity index (χ1) is 14.0. The molecule has 1 aliphatic carbocycles. The van der Waals surface area contributed by atoms with Crippen LogP contribution in [-0.4, -0.2) is 25.7 Å². The first-order valence-corrected chi connectivity index (χ1v) is 10.2. The number of rotatable bonds is 3. The molecule has 0 fully saturated rings. The van der Waals surface area contributed by atoms with Gasteiger partial charge < -0.3 is 19.3 Å². The van der Waals surface area contributed by atoms with Gasteiger partial charge in [-0.2, -0.15) is 14.0 Å². The Morgan fingerprint density at radius 3 is 2.47 bits per heavy atom. The van der Waals surface area contributed by atoms with E-state index < -0.39 is 49.5 Å². The summed E-state index contributed by atoms with van der Waals surface area (Å²) in [6, 6.07) is 6.75. The van der Waals surface area contributed by atoms with Crippen molar-refractivity contribution in [3.63, 3.8) is 0 Å². The zero-order valence-electron chi connectivity index (χ0n) is 15.1. The molecule has 0 saturated carbocycles. The summed E-state index contributed by atoms with van der Waals surface area (Å²) >= 11 is 0. The van der Waals surface area contributed by atoms with E-state index in [4.69, 9.17) is 19.5 Å². The number of aliphatic hydroxyl groups is 1. The Kier molecular flexibility index (Phi) is 4.27. The molecule has 1 N–H and O–H groups in total. The summed E-state index contributed by atoms with van der Waals surface area (Å²) in [7, 11) is -4.06. The third-order valence-electron chi connectivity index (χ3n) is 4.70. The number of hydrogen-bond donors (Lipinski definition) is 1. The van der Waals surface area contributed by atoms with Gasteiger partial charge in [-0.25, -0.2) is 12.8 Å². The zero-order chi connectivity index (χ0) is 21.9. The highest BCUT2D eigenvalue weighted by molar-refractivity contribution is 7.90. The number of benzene rings is 2. The maximum Gasteiger partial charge on any atom is 0.357 e. The molecule has 2 aliphatic rings. The van der Waals surface area contributed by atoms with Crippen molar-refractivity contribution >= 4 is 9.84 Å². The molecule has 0 aromatic heterocycles. The van der Waals surface area contributed by atoms with E-state index in [0.29, 0.717) is 0 Å². The Morgan fingerprint density at radius 1 is 1.20 bits per heavy atom. The summed E-state index contributed by atoms with van der Waals surface area (Å²) in [6.45, 7) is 0. The number of ether oxygens (including phenoxy) is 3. The molecule has 4 rings (SSSR count). The Hall–Kier alpha value is -3.23. The first kappa shape index (κ1) is 20.1. The Balaban J connectivity index is 1.97. The molecule has 156 valence electrons. The standard InChI is InChI=1S/C19H12F3NO6S/c1-30(25,26)14-3-2-13(29-12-7-10(9-23)6-11(20)8-12)15-16(14)19(27-4-5-28-19)18(21,22)17(15)24/h2-8,17,24H,1H3/t17-/m0/s1. The number of alkyl halides is 2. The Labute approximate surface area is 168 Å². The van der Waals surface area contributed by atoms with Crippen molar-refractivity contribution in [3.8, 4) is 17.6 Å². The van der Waals surface area contributed by atoms with Crippen LogP contribution in [0, 0.1) is 17.1 Å². The van der Waals surface area contributed by atoms with Crippen LogP contribution in [-0.2, 0) is 25.1 Å². The van der Waals surface area contributed by atoms with Crippen LogP contribution in [0.5, 0.6) is 11.5 Å². The van der Waals surface area contributed by atoms with Gasteiger partial charge in [0, 0.05) is 17.9 Å². The highest BCUT2D eigenvalue weighted by atomic mass is 32.2. The van der Waals surface area contributed by atoms with Crippen LogP contribution in [0.2, 0.25) is 0 Å². The average molecular weight is 439 g/mol. The molecule has 0 unspecified atom stereocenters. The summed E-state index contributed by atoms with van der Waals surface area (Å²) in [5.41, 5.74) is -1.31. The van der Waals surface area contributed by atoms with Crippen molar-refractivity contribution in [1.82, 2.24) is 0 Å². The van der Waals surface area contributed by atoms with Gasteiger partial charge in [0.2, 0.25) is 0 Å². The highest BCUT2D eigenvalue weighted by Gasteiger charge is 2.73. The van der Waals surface area contributed by atoms with Crippen LogP contribution in [0.25, 0.3) is 0 Å². The fourth-order valence-electron chi connectivity index (χ4n) is 3.48. The summed E-state index contributed by atoms with van der Waals surface area (Å²) in [5.74, 6) is -8.43. The predicted octanol–water partition coefficient (Wildman–Crippen LogP) is 3.25. The van der Waals surface area contributed by atoms with Crippen LogP contribution >= 0.6 is 0 Å². The largest absolute Gasteiger partial charge is 0.457 e. The van der Waals surface area contributed by atoms with Crippen LogP contribution in [0.3, 0.4) is 0 Å². The number of hydrogen-bond acceptors (Lipinski definition) is 7. The molecule has 0 saturated heterocycles. The lowest BCUT2D eigenvalue weighted by Gasteiger charge is -2.31. The molecule has 7 nitrogen and oxygen atoms in total. The van der Waals surface area contributed by atoms with Crippen molar-refractivity contribution < 1.29 is 40.9 Å². The minimum Gasteiger partial charge on any atom is -0.457 e. The fourth-order valence-corrected chi connectivity index (χ4v) is 4.41. The minimum absolute atomic E-state index is 0.0941.